The third-order valence-corrected chi connectivity index (χ3v) is 4.14. The van der Waals surface area contributed by atoms with E-state index >= 15 is 0 Å². The largest absolute Gasteiger partial charge is 0.456 e. The van der Waals surface area contributed by atoms with Crippen molar-refractivity contribution in [3.05, 3.63) is 0 Å². The molecular weight excluding hydrogens is 293 g/mol. The monoisotopic (exact) mass is 328 g/mol. The molecule has 0 atom stereocenters. The van der Waals surface area contributed by atoms with Crippen LogP contribution >= 0.6 is 0 Å². The van der Waals surface area contributed by atoms with Crippen molar-refractivity contribution >= 4 is 21.1 Å². The summed E-state index contributed by atoms with van der Waals surface area (Å²) in [7, 11) is 6.86. The molecule has 0 bridgehead atoms. The molecule has 0 aliphatic heterocycles. The van der Waals surface area contributed by atoms with Crippen LogP contribution in [0.5, 0.6) is 0 Å². The van der Waals surface area contributed by atoms with Gasteiger partial charge in [0.05, 0.1) is 0 Å². The van der Waals surface area contributed by atoms with Crippen LogP contribution in [0.1, 0.15) is 12.8 Å². The highest BCUT2D eigenvalue weighted by Gasteiger charge is 2.15. The zero-order valence-corrected chi connectivity index (χ0v) is 16.0. The minimum Gasteiger partial charge on any atom is -0.439 e. The van der Waals surface area contributed by atoms with Crippen molar-refractivity contribution < 1.29 is 18.6 Å². The lowest BCUT2D eigenvalue weighted by Crippen LogP contribution is -2.40. The molecule has 0 radical (unpaired) electrons. The Morgan fingerprint density at radius 1 is 0.783 bits per heavy atom. The number of nitrogens with zero attached hydrogens (tertiary/aromatic N) is 1. The van der Waals surface area contributed by atoms with Crippen molar-refractivity contribution in [3.8, 4) is 0 Å². The molecule has 9 heteroatoms. The summed E-state index contributed by atoms with van der Waals surface area (Å²) >= 11 is 0. The van der Waals surface area contributed by atoms with Crippen molar-refractivity contribution in [1.29, 1.82) is 0 Å². The Bertz CT molecular complexity index is 248. The van der Waals surface area contributed by atoms with Crippen molar-refractivity contribution in [2.24, 2.45) is 0 Å². The Labute approximate surface area is 144 Å². The maximum absolute atomic E-state index is 5.32. The molecule has 0 saturated heterocycles. The average Bonchev–Trinajstić information content (AvgIpc) is 2.57. The summed E-state index contributed by atoms with van der Waals surface area (Å²) in [6, 6.07) is 0. The Morgan fingerprint density at radius 3 is 1.91 bits per heavy atom. The molecule has 23 heavy (non-hydrogen) atoms. The molecule has 0 amide bonds. The predicted octanol–water partition coefficient (Wildman–Crippen LogP) is 1.47. The average molecular weight is 328 g/mol. The fourth-order valence-corrected chi connectivity index (χ4v) is 2.38. The van der Waals surface area contributed by atoms with Gasteiger partial charge in [0, 0.05) is 35.0 Å². The van der Waals surface area contributed by atoms with Crippen molar-refractivity contribution in [2.75, 3.05) is 54.6 Å². The van der Waals surface area contributed by atoms with Crippen LogP contribution in [0.15, 0.2) is 0 Å². The van der Waals surface area contributed by atoms with Gasteiger partial charge in [-0.15, -0.1) is 0 Å². The van der Waals surface area contributed by atoms with Gasteiger partial charge in [-0.05, 0) is 51.9 Å². The van der Waals surface area contributed by atoms with Gasteiger partial charge in [0.25, 0.3) is 6.92 Å². The van der Waals surface area contributed by atoms with E-state index < -0.39 is 0 Å². The third kappa shape index (κ3) is 13.0. The standard InChI is InChI=1S/C14H35B3N2O4/c1-15(20-3)9-7-12-19(14-11-18-16(2)21-4)13-8-10-17(22-5)23-6/h18H,7-14H2,1-6H3. The van der Waals surface area contributed by atoms with Gasteiger partial charge in [0.1, 0.15) is 0 Å². The summed E-state index contributed by atoms with van der Waals surface area (Å²) in [5.74, 6) is 0. The lowest BCUT2D eigenvalue weighted by atomic mass is 9.66. The zero-order chi connectivity index (χ0) is 17.5. The van der Waals surface area contributed by atoms with E-state index in [1.807, 2.05) is 6.82 Å². The Hall–Kier alpha value is -0.0452. The van der Waals surface area contributed by atoms with E-state index in [4.69, 9.17) is 18.6 Å². The van der Waals surface area contributed by atoms with Crippen LogP contribution < -0.4 is 5.23 Å². The van der Waals surface area contributed by atoms with E-state index in [0.717, 1.165) is 51.7 Å². The molecule has 0 heterocycles. The number of nitrogens with one attached hydrogen (secondary N) is 1. The molecule has 1 N–H and O–H groups in total. The minimum atomic E-state index is -0.1000. The van der Waals surface area contributed by atoms with E-state index in [0.29, 0.717) is 6.92 Å². The summed E-state index contributed by atoms with van der Waals surface area (Å²) in [4.78, 5) is 2.49. The molecule has 0 aliphatic rings. The molecule has 6 nitrogen and oxygen atoms in total. The molecule has 0 saturated carbocycles. The topological polar surface area (TPSA) is 52.2 Å². The molecule has 0 rings (SSSR count). The van der Waals surface area contributed by atoms with Crippen molar-refractivity contribution in [3.63, 3.8) is 0 Å². The van der Waals surface area contributed by atoms with Crippen LogP contribution in [-0.2, 0) is 18.6 Å². The molecule has 0 spiro atoms. The lowest BCUT2D eigenvalue weighted by molar-refractivity contribution is 0.257. The molecule has 0 aromatic heterocycles. The highest BCUT2D eigenvalue weighted by atomic mass is 16.6. The van der Waals surface area contributed by atoms with Crippen LogP contribution in [0.4, 0.5) is 0 Å². The van der Waals surface area contributed by atoms with Gasteiger partial charge in [0.2, 0.25) is 0 Å². The minimum absolute atomic E-state index is 0.0942. The van der Waals surface area contributed by atoms with E-state index in [-0.39, 0.29) is 14.2 Å². The van der Waals surface area contributed by atoms with E-state index in [1.54, 1.807) is 28.4 Å². The first-order valence-electron chi connectivity index (χ1n) is 8.64. The van der Waals surface area contributed by atoms with Gasteiger partial charge < -0.3 is 28.7 Å². The zero-order valence-electron chi connectivity index (χ0n) is 16.0. The van der Waals surface area contributed by atoms with E-state index in [2.05, 4.69) is 17.0 Å². The van der Waals surface area contributed by atoms with E-state index in [1.165, 1.54) is 0 Å². The maximum Gasteiger partial charge on any atom is 0.456 e. The molecule has 0 aromatic carbocycles. The van der Waals surface area contributed by atoms with Gasteiger partial charge in [-0.2, -0.15) is 0 Å². The summed E-state index contributed by atoms with van der Waals surface area (Å²) < 4.78 is 21.0. The summed E-state index contributed by atoms with van der Waals surface area (Å²) in [5.41, 5.74) is 0. The SMILES string of the molecule is COB(C)CCCN(CCCB(OC)OC)CCNB(C)OC. The highest BCUT2D eigenvalue weighted by molar-refractivity contribution is 6.50. The smallest absolute Gasteiger partial charge is 0.439 e. The Kier molecular flexibility index (Phi) is 15.5. The summed E-state index contributed by atoms with van der Waals surface area (Å²) in [6.45, 7) is 8.54. The first-order valence-corrected chi connectivity index (χ1v) is 8.64. The van der Waals surface area contributed by atoms with Gasteiger partial charge in [-0.25, -0.2) is 0 Å². The number of rotatable bonds is 16. The molecule has 0 aromatic rings. The molecule has 0 fully saturated rings. The normalized spacial score (nSPS) is 11.1. The van der Waals surface area contributed by atoms with E-state index in [9.17, 15) is 0 Å². The van der Waals surface area contributed by atoms with Crippen LogP contribution in [0.2, 0.25) is 26.3 Å². The third-order valence-electron chi connectivity index (χ3n) is 4.14. The lowest BCUT2D eigenvalue weighted by Gasteiger charge is -2.23. The quantitative estimate of drug-likeness (QED) is 0.433. The molecular formula is C14H35B3N2O4. The second-order valence-corrected chi connectivity index (χ2v) is 5.91. The van der Waals surface area contributed by atoms with Crippen LogP contribution in [0.3, 0.4) is 0 Å². The fraction of sp³-hybridized carbons (Fsp3) is 1.00. The molecule has 134 valence electrons. The van der Waals surface area contributed by atoms with Gasteiger partial charge in [-0.3, -0.25) is 0 Å². The fourth-order valence-electron chi connectivity index (χ4n) is 2.38. The Balaban J connectivity index is 4.09. The van der Waals surface area contributed by atoms with Crippen molar-refractivity contribution in [2.45, 2.75) is 39.1 Å². The molecule has 0 unspecified atom stereocenters. The first-order chi connectivity index (χ1) is 11.1. The van der Waals surface area contributed by atoms with Crippen LogP contribution in [0, 0.1) is 0 Å². The second kappa shape index (κ2) is 15.5. The van der Waals surface area contributed by atoms with Gasteiger partial charge >= 0.3 is 14.2 Å². The summed E-state index contributed by atoms with van der Waals surface area (Å²) in [5, 5.41) is 3.36. The van der Waals surface area contributed by atoms with Crippen LogP contribution in [0.25, 0.3) is 0 Å². The summed E-state index contributed by atoms with van der Waals surface area (Å²) in [6.07, 6.45) is 4.21. The number of hydrogen-bond acceptors (Lipinski definition) is 6. The highest BCUT2D eigenvalue weighted by Crippen LogP contribution is 2.05. The van der Waals surface area contributed by atoms with Crippen LogP contribution in [-0.4, -0.2) is 80.6 Å². The maximum atomic E-state index is 5.32. The van der Waals surface area contributed by atoms with Gasteiger partial charge in [0.15, 0.2) is 0 Å². The van der Waals surface area contributed by atoms with Gasteiger partial charge in [-0.1, -0.05) is 6.82 Å². The Morgan fingerprint density at radius 2 is 1.39 bits per heavy atom. The predicted molar refractivity (Wildman–Crippen MR) is 100 cm³/mol. The number of hydrogen-bond donors (Lipinski definition) is 1. The molecule has 0 aliphatic carbocycles. The van der Waals surface area contributed by atoms with Crippen molar-refractivity contribution in [1.82, 2.24) is 10.1 Å². The second-order valence-electron chi connectivity index (χ2n) is 5.91. The first kappa shape index (κ1) is 23.0.